The van der Waals surface area contributed by atoms with Gasteiger partial charge in [0.2, 0.25) is 5.91 Å². The maximum Gasteiger partial charge on any atom is 0.325 e. The number of esters is 1. The molecule has 0 bridgehead atoms. The Bertz CT molecular complexity index is 155. The Balaban J connectivity index is 0. The van der Waals surface area contributed by atoms with Crippen LogP contribution in [0.1, 0.15) is 34.6 Å². The first-order valence-corrected chi connectivity index (χ1v) is 4.46. The minimum Gasteiger partial charge on any atom is -0.462 e. The van der Waals surface area contributed by atoms with E-state index < -0.39 is 5.97 Å². The van der Waals surface area contributed by atoms with E-state index in [1.165, 1.54) is 6.92 Å². The molecule has 4 heteroatoms. The molecule has 0 aromatic carbocycles. The van der Waals surface area contributed by atoms with Crippen molar-refractivity contribution in [1.82, 2.24) is 5.32 Å². The summed E-state index contributed by atoms with van der Waals surface area (Å²) in [7, 11) is 0. The van der Waals surface area contributed by atoms with Crippen LogP contribution >= 0.6 is 0 Å². The Hall–Kier alpha value is -1.06. The first-order chi connectivity index (χ1) is 6.02. The quantitative estimate of drug-likeness (QED) is 0.676. The minimum absolute atomic E-state index is 0.0481. The number of rotatable bonds is 3. The van der Waals surface area contributed by atoms with E-state index in [-0.39, 0.29) is 18.6 Å². The predicted molar refractivity (Wildman–Crippen MR) is 51.3 cm³/mol. The molecule has 0 rings (SSSR count). The molecule has 0 aliphatic heterocycles. The first kappa shape index (κ1) is 14.5. The van der Waals surface area contributed by atoms with E-state index in [0.29, 0.717) is 0 Å². The molecular weight excluding hydrogens is 170 g/mol. The van der Waals surface area contributed by atoms with Crippen molar-refractivity contribution in [2.75, 3.05) is 6.54 Å². The maximum atomic E-state index is 10.7. The standard InChI is InChI=1S/C7H13NO3.C2H6/c1-5(2)11-7(10)4-8-6(3)9;1-2/h5H,4H2,1-3H3,(H,8,9);1-2H3. The molecule has 0 aromatic rings. The van der Waals surface area contributed by atoms with Gasteiger partial charge in [0.25, 0.3) is 0 Å². The van der Waals surface area contributed by atoms with Crippen molar-refractivity contribution in [3.05, 3.63) is 0 Å². The molecule has 1 N–H and O–H groups in total. The molecule has 0 aromatic heterocycles. The predicted octanol–water partition coefficient (Wildman–Crippen LogP) is 1.10. The number of hydrogen-bond donors (Lipinski definition) is 1. The summed E-state index contributed by atoms with van der Waals surface area (Å²) in [5, 5.41) is 2.34. The number of carbonyl (C=O) groups excluding carboxylic acids is 2. The van der Waals surface area contributed by atoms with Crippen molar-refractivity contribution < 1.29 is 14.3 Å². The van der Waals surface area contributed by atoms with Crippen LogP contribution in [0.4, 0.5) is 0 Å². The molecule has 1 amide bonds. The molecular formula is C9H19NO3. The maximum absolute atomic E-state index is 10.7. The van der Waals surface area contributed by atoms with Crippen LogP contribution in [0, 0.1) is 0 Å². The van der Waals surface area contributed by atoms with E-state index in [9.17, 15) is 9.59 Å². The van der Waals surface area contributed by atoms with Crippen LogP contribution in [0.15, 0.2) is 0 Å². The van der Waals surface area contributed by atoms with Crippen molar-refractivity contribution in [2.24, 2.45) is 0 Å². The lowest BCUT2D eigenvalue weighted by atomic mass is 10.5. The Morgan fingerprint density at radius 3 is 2.08 bits per heavy atom. The van der Waals surface area contributed by atoms with E-state index >= 15 is 0 Å². The highest BCUT2D eigenvalue weighted by Crippen LogP contribution is 1.86. The summed E-state index contributed by atoms with van der Waals surface area (Å²) < 4.78 is 4.75. The Morgan fingerprint density at radius 1 is 1.31 bits per heavy atom. The van der Waals surface area contributed by atoms with Gasteiger partial charge in [-0.1, -0.05) is 13.8 Å². The van der Waals surface area contributed by atoms with Gasteiger partial charge in [-0.15, -0.1) is 0 Å². The molecule has 0 atom stereocenters. The smallest absolute Gasteiger partial charge is 0.325 e. The topological polar surface area (TPSA) is 55.4 Å². The Morgan fingerprint density at radius 2 is 1.77 bits per heavy atom. The molecule has 0 spiro atoms. The van der Waals surface area contributed by atoms with Gasteiger partial charge in [-0.25, -0.2) is 0 Å². The lowest BCUT2D eigenvalue weighted by Crippen LogP contribution is -2.29. The van der Waals surface area contributed by atoms with Crippen LogP contribution in [-0.4, -0.2) is 24.5 Å². The fraction of sp³-hybridized carbons (Fsp3) is 0.778. The molecule has 0 unspecified atom stereocenters. The highest BCUT2D eigenvalue weighted by Gasteiger charge is 2.04. The number of hydrogen-bond acceptors (Lipinski definition) is 3. The Labute approximate surface area is 79.7 Å². The summed E-state index contributed by atoms with van der Waals surface area (Å²) >= 11 is 0. The molecule has 0 fully saturated rings. The second kappa shape index (κ2) is 9.03. The second-order valence-electron chi connectivity index (χ2n) is 2.45. The number of amides is 1. The SMILES string of the molecule is CC.CC(=O)NCC(=O)OC(C)C. The van der Waals surface area contributed by atoms with E-state index in [1.807, 2.05) is 13.8 Å². The molecule has 0 aliphatic carbocycles. The van der Waals surface area contributed by atoms with Gasteiger partial charge in [0, 0.05) is 6.92 Å². The summed E-state index contributed by atoms with van der Waals surface area (Å²) in [4.78, 5) is 21.0. The molecule has 0 saturated heterocycles. The Kier molecular flexibility index (Phi) is 10.0. The zero-order chi connectivity index (χ0) is 10.9. The molecule has 0 heterocycles. The summed E-state index contributed by atoms with van der Waals surface area (Å²) in [6.45, 7) is 8.81. The molecule has 0 radical (unpaired) electrons. The lowest BCUT2D eigenvalue weighted by molar-refractivity contribution is -0.147. The number of nitrogens with one attached hydrogen (secondary N) is 1. The average Bonchev–Trinajstić information content (AvgIpc) is 2.03. The fourth-order valence-electron chi connectivity index (χ4n) is 0.501. The summed E-state index contributed by atoms with van der Waals surface area (Å²) in [6, 6.07) is 0. The zero-order valence-corrected chi connectivity index (χ0v) is 9.01. The van der Waals surface area contributed by atoms with Crippen molar-refractivity contribution >= 4 is 11.9 Å². The summed E-state index contributed by atoms with van der Waals surface area (Å²) in [6.07, 6.45) is -0.128. The average molecular weight is 189 g/mol. The van der Waals surface area contributed by atoms with Crippen LogP contribution in [0.2, 0.25) is 0 Å². The third-order valence-corrected chi connectivity index (χ3v) is 0.849. The second-order valence-corrected chi connectivity index (χ2v) is 2.45. The van der Waals surface area contributed by atoms with Gasteiger partial charge in [0.1, 0.15) is 6.54 Å². The third kappa shape index (κ3) is 13.9. The molecule has 13 heavy (non-hydrogen) atoms. The van der Waals surface area contributed by atoms with E-state index in [0.717, 1.165) is 0 Å². The highest BCUT2D eigenvalue weighted by molar-refractivity contribution is 5.80. The largest absolute Gasteiger partial charge is 0.462 e. The van der Waals surface area contributed by atoms with E-state index in [4.69, 9.17) is 4.74 Å². The van der Waals surface area contributed by atoms with Crippen LogP contribution in [0.25, 0.3) is 0 Å². The minimum atomic E-state index is -0.407. The van der Waals surface area contributed by atoms with Crippen LogP contribution in [-0.2, 0) is 14.3 Å². The number of carbonyl (C=O) groups is 2. The van der Waals surface area contributed by atoms with Crippen LogP contribution in [0.5, 0.6) is 0 Å². The lowest BCUT2D eigenvalue weighted by Gasteiger charge is -2.07. The molecule has 78 valence electrons. The summed E-state index contributed by atoms with van der Waals surface area (Å²) in [5.74, 6) is -0.638. The van der Waals surface area contributed by atoms with Crippen molar-refractivity contribution in [2.45, 2.75) is 40.7 Å². The summed E-state index contributed by atoms with van der Waals surface area (Å²) in [5.41, 5.74) is 0. The number of ether oxygens (including phenoxy) is 1. The van der Waals surface area contributed by atoms with Gasteiger partial charge in [0.05, 0.1) is 6.10 Å². The molecule has 4 nitrogen and oxygen atoms in total. The normalized spacial score (nSPS) is 8.46. The fourth-order valence-corrected chi connectivity index (χ4v) is 0.501. The van der Waals surface area contributed by atoms with E-state index in [2.05, 4.69) is 5.32 Å². The van der Waals surface area contributed by atoms with Gasteiger partial charge in [-0.2, -0.15) is 0 Å². The van der Waals surface area contributed by atoms with Crippen molar-refractivity contribution in [1.29, 1.82) is 0 Å². The zero-order valence-electron chi connectivity index (χ0n) is 9.01. The van der Waals surface area contributed by atoms with Gasteiger partial charge < -0.3 is 10.1 Å². The van der Waals surface area contributed by atoms with Crippen LogP contribution < -0.4 is 5.32 Å². The van der Waals surface area contributed by atoms with Gasteiger partial charge in [-0.3, -0.25) is 9.59 Å². The van der Waals surface area contributed by atoms with Gasteiger partial charge in [0.15, 0.2) is 0 Å². The highest BCUT2D eigenvalue weighted by atomic mass is 16.5. The van der Waals surface area contributed by atoms with Crippen LogP contribution in [0.3, 0.4) is 0 Å². The van der Waals surface area contributed by atoms with Gasteiger partial charge >= 0.3 is 5.97 Å². The third-order valence-electron chi connectivity index (χ3n) is 0.849. The van der Waals surface area contributed by atoms with Crippen molar-refractivity contribution in [3.63, 3.8) is 0 Å². The molecule has 0 saturated carbocycles. The van der Waals surface area contributed by atoms with E-state index in [1.54, 1.807) is 13.8 Å². The first-order valence-electron chi connectivity index (χ1n) is 4.46. The molecule has 0 aliphatic rings. The monoisotopic (exact) mass is 189 g/mol. The van der Waals surface area contributed by atoms with Crippen molar-refractivity contribution in [3.8, 4) is 0 Å². The van der Waals surface area contributed by atoms with Gasteiger partial charge in [-0.05, 0) is 13.8 Å².